The van der Waals surface area contributed by atoms with Gasteiger partial charge in [0.25, 0.3) is 5.91 Å². The Balaban J connectivity index is 1.49. The molecule has 2 saturated heterocycles. The van der Waals surface area contributed by atoms with Gasteiger partial charge in [-0.2, -0.15) is 0 Å². The van der Waals surface area contributed by atoms with Crippen molar-refractivity contribution in [1.29, 1.82) is 0 Å². The number of amides is 3. The smallest absolute Gasteiger partial charge is 0.254 e. The average Bonchev–Trinajstić information content (AvgIpc) is 2.70. The van der Waals surface area contributed by atoms with E-state index in [0.29, 0.717) is 38.0 Å². The molecule has 0 bridgehead atoms. The quantitative estimate of drug-likeness (QED) is 0.689. The number of hydrogen-bond donors (Lipinski definition) is 0. The van der Waals surface area contributed by atoms with Crippen molar-refractivity contribution in [3.63, 3.8) is 0 Å². The van der Waals surface area contributed by atoms with E-state index in [-0.39, 0.29) is 29.6 Å². The van der Waals surface area contributed by atoms with Gasteiger partial charge in [-0.15, -0.1) is 0 Å². The Kier molecular flexibility index (Phi) is 4.58. The number of carbonyl (C=O) groups is 3. The lowest BCUT2D eigenvalue weighted by Crippen LogP contribution is -2.79. The molecule has 7 nitrogen and oxygen atoms in total. The Morgan fingerprint density at radius 3 is 2.41 bits per heavy atom. The Bertz CT molecular complexity index is 1100. The van der Waals surface area contributed by atoms with Gasteiger partial charge in [-0.05, 0) is 43.9 Å². The van der Waals surface area contributed by atoms with Gasteiger partial charge in [0.05, 0.1) is 0 Å². The molecule has 1 saturated carbocycles. The molecule has 2 aliphatic heterocycles. The second-order valence-electron chi connectivity index (χ2n) is 9.57. The predicted molar refractivity (Wildman–Crippen MR) is 115 cm³/mol. The third-order valence-electron chi connectivity index (χ3n) is 6.99. The average molecular weight is 436 g/mol. The molecule has 1 aromatic carbocycles. The van der Waals surface area contributed by atoms with Gasteiger partial charge in [0.1, 0.15) is 12.1 Å². The molecule has 0 unspecified atom stereocenters. The second kappa shape index (κ2) is 7.12. The molecule has 3 aliphatic rings. The van der Waals surface area contributed by atoms with Gasteiger partial charge in [-0.25, -0.2) is 9.37 Å². The highest BCUT2D eigenvalue weighted by Crippen LogP contribution is 2.58. The molecule has 2 spiro atoms. The lowest BCUT2D eigenvalue weighted by Gasteiger charge is -2.66. The Morgan fingerprint density at radius 1 is 1.09 bits per heavy atom. The maximum absolute atomic E-state index is 14.7. The highest BCUT2D eigenvalue weighted by atomic mass is 19.1. The highest BCUT2D eigenvalue weighted by molar-refractivity contribution is 6.09. The summed E-state index contributed by atoms with van der Waals surface area (Å²) in [6.45, 7) is 4.94. The second-order valence-corrected chi connectivity index (χ2v) is 9.57. The summed E-state index contributed by atoms with van der Waals surface area (Å²) in [5.41, 5.74) is 1.48. The number of pyridine rings is 1. The summed E-state index contributed by atoms with van der Waals surface area (Å²) in [5, 5.41) is 0. The van der Waals surface area contributed by atoms with E-state index in [9.17, 15) is 18.8 Å². The molecule has 8 heteroatoms. The van der Waals surface area contributed by atoms with Crippen LogP contribution < -0.4 is 4.90 Å². The molecule has 0 N–H and O–H groups in total. The standard InChI is InChI=1S/C24H25FN4O3/c1-16-3-5-18(6-4-16)9-29-20(31)10-28(21-19(25)7-17(2)8-26-21)22(32)24(29)11-23(12-24)13-27(14-23)15-30/h3-8,15H,9-14H2,1-2H3. The number of anilines is 1. The summed E-state index contributed by atoms with van der Waals surface area (Å²) in [5.74, 6) is -1.24. The van der Waals surface area contributed by atoms with Gasteiger partial charge in [0, 0.05) is 31.2 Å². The van der Waals surface area contributed by atoms with Crippen LogP contribution in [0.1, 0.15) is 29.5 Å². The van der Waals surface area contributed by atoms with E-state index >= 15 is 0 Å². The molecule has 1 aliphatic carbocycles. The first-order chi connectivity index (χ1) is 15.2. The number of piperazine rings is 1. The van der Waals surface area contributed by atoms with Crippen molar-refractivity contribution in [2.24, 2.45) is 5.41 Å². The van der Waals surface area contributed by atoms with E-state index < -0.39 is 11.4 Å². The minimum atomic E-state index is -1.05. The van der Waals surface area contributed by atoms with Gasteiger partial charge >= 0.3 is 0 Å². The van der Waals surface area contributed by atoms with Crippen LogP contribution in [-0.4, -0.2) is 58.2 Å². The molecule has 0 radical (unpaired) electrons. The first kappa shape index (κ1) is 20.6. The molecule has 3 fully saturated rings. The number of nitrogens with zero attached hydrogens (tertiary/aromatic N) is 4. The van der Waals surface area contributed by atoms with Crippen molar-refractivity contribution in [3.8, 4) is 0 Å². The van der Waals surface area contributed by atoms with Gasteiger partial charge in [-0.1, -0.05) is 29.8 Å². The molecule has 0 atom stereocenters. The van der Waals surface area contributed by atoms with Crippen LogP contribution in [0.25, 0.3) is 0 Å². The van der Waals surface area contributed by atoms with E-state index in [1.54, 1.807) is 16.7 Å². The SMILES string of the molecule is Cc1ccc(CN2C(=O)CN(c3ncc(C)cc3F)C(=O)C23CC2(CN(C=O)C2)C3)cc1. The maximum atomic E-state index is 14.7. The van der Waals surface area contributed by atoms with Crippen LogP contribution >= 0.6 is 0 Å². The minimum absolute atomic E-state index is 0.104. The highest BCUT2D eigenvalue weighted by Gasteiger charge is 2.68. The molecular weight excluding hydrogens is 411 g/mol. The Hall–Kier alpha value is -3.29. The topological polar surface area (TPSA) is 73.8 Å². The number of aromatic nitrogens is 1. The van der Waals surface area contributed by atoms with Crippen molar-refractivity contribution in [3.05, 3.63) is 59.0 Å². The Labute approximate surface area is 185 Å². The molecular formula is C24H25FN4O3. The number of hydrogen-bond acceptors (Lipinski definition) is 4. The predicted octanol–water partition coefficient (Wildman–Crippen LogP) is 2.20. The number of likely N-dealkylation sites (tertiary alicyclic amines) is 1. The van der Waals surface area contributed by atoms with Crippen molar-refractivity contribution in [1.82, 2.24) is 14.8 Å². The number of rotatable bonds is 4. The van der Waals surface area contributed by atoms with Gasteiger partial charge in [-0.3, -0.25) is 19.3 Å². The summed E-state index contributed by atoms with van der Waals surface area (Å²) in [7, 11) is 0. The van der Waals surface area contributed by atoms with Crippen LogP contribution in [0.15, 0.2) is 36.5 Å². The van der Waals surface area contributed by atoms with Crippen LogP contribution in [0.3, 0.4) is 0 Å². The molecule has 1 aromatic heterocycles. The molecule has 2 aromatic rings. The molecule has 5 rings (SSSR count). The van der Waals surface area contributed by atoms with Gasteiger partial charge < -0.3 is 9.80 Å². The fourth-order valence-electron chi connectivity index (χ4n) is 5.55. The summed E-state index contributed by atoms with van der Waals surface area (Å²) in [4.78, 5) is 46.9. The monoisotopic (exact) mass is 436 g/mol. The maximum Gasteiger partial charge on any atom is 0.254 e. The van der Waals surface area contributed by atoms with Crippen LogP contribution in [0.5, 0.6) is 0 Å². The largest absolute Gasteiger partial charge is 0.344 e. The first-order valence-corrected chi connectivity index (χ1v) is 10.7. The van der Waals surface area contributed by atoms with Crippen molar-refractivity contribution in [2.45, 2.75) is 38.8 Å². The zero-order chi connectivity index (χ0) is 22.7. The Morgan fingerprint density at radius 2 is 1.78 bits per heavy atom. The molecule has 3 heterocycles. The van der Waals surface area contributed by atoms with Crippen molar-refractivity contribution >= 4 is 24.0 Å². The lowest BCUT2D eigenvalue weighted by molar-refractivity contribution is -0.188. The number of halogens is 1. The summed E-state index contributed by atoms with van der Waals surface area (Å²) < 4.78 is 14.7. The van der Waals surface area contributed by atoms with Crippen LogP contribution in [-0.2, 0) is 20.9 Å². The van der Waals surface area contributed by atoms with E-state index in [4.69, 9.17) is 0 Å². The van der Waals surface area contributed by atoms with Gasteiger partial charge in [0.15, 0.2) is 11.6 Å². The van der Waals surface area contributed by atoms with Crippen LogP contribution in [0.4, 0.5) is 10.2 Å². The zero-order valence-electron chi connectivity index (χ0n) is 18.2. The molecule has 166 valence electrons. The van der Waals surface area contributed by atoms with Gasteiger partial charge in [0.2, 0.25) is 12.3 Å². The van der Waals surface area contributed by atoms with Crippen molar-refractivity contribution in [2.75, 3.05) is 24.5 Å². The third-order valence-corrected chi connectivity index (χ3v) is 6.99. The minimum Gasteiger partial charge on any atom is -0.344 e. The normalized spacial score (nSPS) is 21.0. The summed E-state index contributed by atoms with van der Waals surface area (Å²) in [6, 6.07) is 9.20. The fraction of sp³-hybridized carbons (Fsp3) is 0.417. The van der Waals surface area contributed by atoms with Crippen LogP contribution in [0, 0.1) is 25.1 Å². The summed E-state index contributed by atoms with van der Waals surface area (Å²) >= 11 is 0. The van der Waals surface area contributed by atoms with E-state index in [0.717, 1.165) is 17.5 Å². The molecule has 3 amide bonds. The van der Waals surface area contributed by atoms with Crippen LogP contribution in [0.2, 0.25) is 0 Å². The number of carbonyl (C=O) groups excluding carboxylic acids is 3. The molecule has 32 heavy (non-hydrogen) atoms. The van der Waals surface area contributed by atoms with E-state index in [2.05, 4.69) is 4.98 Å². The van der Waals surface area contributed by atoms with E-state index in [1.807, 2.05) is 31.2 Å². The fourth-order valence-corrected chi connectivity index (χ4v) is 5.55. The zero-order valence-corrected chi connectivity index (χ0v) is 18.2. The first-order valence-electron chi connectivity index (χ1n) is 10.7. The van der Waals surface area contributed by atoms with E-state index in [1.165, 1.54) is 17.2 Å². The number of aryl methyl sites for hydroxylation is 2. The third kappa shape index (κ3) is 3.08. The summed E-state index contributed by atoms with van der Waals surface area (Å²) in [6.07, 6.45) is 3.24. The number of benzene rings is 1. The lowest BCUT2D eigenvalue weighted by atomic mass is 9.52. The van der Waals surface area contributed by atoms with Crippen molar-refractivity contribution < 1.29 is 18.8 Å².